The zero-order valence-electron chi connectivity index (χ0n) is 7.83. The number of rotatable bonds is 1. The molecule has 0 aromatic heterocycles. The van der Waals surface area contributed by atoms with Crippen LogP contribution in [0.4, 0.5) is 0 Å². The van der Waals surface area contributed by atoms with Crippen LogP contribution in [0.3, 0.4) is 0 Å². The van der Waals surface area contributed by atoms with E-state index in [1.54, 1.807) is 0 Å². The van der Waals surface area contributed by atoms with Crippen LogP contribution >= 0.6 is 6.60 Å². The number of hydrogen-bond donors (Lipinski definition) is 0. The van der Waals surface area contributed by atoms with Gasteiger partial charge in [-0.25, -0.2) is 0 Å². The average molecular weight is 168 g/mol. The summed E-state index contributed by atoms with van der Waals surface area (Å²) in [4.78, 5) is 0. The van der Waals surface area contributed by atoms with E-state index in [1.165, 1.54) is 5.30 Å². The Bertz CT molecular complexity index is 231. The molecule has 0 radical (unpaired) electrons. The fourth-order valence-corrected chi connectivity index (χ4v) is 2.39. The van der Waals surface area contributed by atoms with Crippen LogP contribution in [-0.2, 0) is 0 Å². The van der Waals surface area contributed by atoms with Crippen LogP contribution in [0.15, 0.2) is 30.3 Å². The molecule has 0 aliphatic rings. The van der Waals surface area contributed by atoms with Gasteiger partial charge in [0.25, 0.3) is 0 Å². The third-order valence-electron chi connectivity index (χ3n) is 1.79. The van der Waals surface area contributed by atoms with Gasteiger partial charge in [0.05, 0.1) is 0 Å². The van der Waals surface area contributed by atoms with Gasteiger partial charge in [-0.2, -0.15) is 0 Å². The molecule has 0 heterocycles. The van der Waals surface area contributed by atoms with E-state index in [2.05, 4.69) is 57.0 Å². The van der Waals surface area contributed by atoms with Gasteiger partial charge in [0.1, 0.15) is 0 Å². The summed E-state index contributed by atoms with van der Waals surface area (Å²) in [6.07, 6.45) is 0. The molecule has 0 N–H and O–H groups in total. The molecule has 0 bridgehead atoms. The topological polar surface area (TPSA) is 0 Å². The Morgan fingerprint density at radius 3 is 1.55 bits per heavy atom. The average Bonchev–Trinajstić information content (AvgIpc) is 1.86. The van der Waals surface area contributed by atoms with E-state index in [0.717, 1.165) is 0 Å². The Hall–Kier alpha value is -0.350. The third kappa shape index (κ3) is 2.31. The standard InChI is InChI=1S/C10H17P/c1-11(2,3,4)10-8-6-5-7-9-10/h5-9H,1-4H3. The van der Waals surface area contributed by atoms with Crippen molar-refractivity contribution in [1.82, 2.24) is 0 Å². The molecule has 1 aromatic carbocycles. The van der Waals surface area contributed by atoms with Crippen LogP contribution in [0.2, 0.25) is 0 Å². The summed E-state index contributed by atoms with van der Waals surface area (Å²) >= 11 is 0. The molecule has 62 valence electrons. The molecule has 0 saturated carbocycles. The van der Waals surface area contributed by atoms with Gasteiger partial charge < -0.3 is 0 Å². The molecular formula is C10H17P. The third-order valence-corrected chi connectivity index (χ3v) is 4.15. The Balaban J connectivity index is 3.14. The first-order chi connectivity index (χ1) is 4.86. The van der Waals surface area contributed by atoms with Crippen LogP contribution in [-0.4, -0.2) is 26.7 Å². The number of benzene rings is 1. The molecule has 0 atom stereocenters. The van der Waals surface area contributed by atoms with E-state index in [4.69, 9.17) is 0 Å². The van der Waals surface area contributed by atoms with Gasteiger partial charge in [0.15, 0.2) is 0 Å². The van der Waals surface area contributed by atoms with E-state index < -0.39 is 6.60 Å². The molecule has 0 aliphatic heterocycles. The van der Waals surface area contributed by atoms with E-state index in [9.17, 15) is 0 Å². The molecular weight excluding hydrogens is 151 g/mol. The minimum absolute atomic E-state index is 1.49. The molecule has 1 rings (SSSR count). The van der Waals surface area contributed by atoms with Crippen LogP contribution in [0.5, 0.6) is 0 Å². The Kier molecular flexibility index (Phi) is 1.84. The van der Waals surface area contributed by atoms with Crippen molar-refractivity contribution in [1.29, 1.82) is 0 Å². The molecule has 0 spiro atoms. The van der Waals surface area contributed by atoms with E-state index in [-0.39, 0.29) is 0 Å². The zero-order valence-corrected chi connectivity index (χ0v) is 8.73. The minimum atomic E-state index is -1.49. The Morgan fingerprint density at radius 2 is 1.27 bits per heavy atom. The van der Waals surface area contributed by atoms with Crippen LogP contribution in [0.1, 0.15) is 0 Å². The molecule has 1 aromatic rings. The summed E-state index contributed by atoms with van der Waals surface area (Å²) in [5.41, 5.74) is 0. The second kappa shape index (κ2) is 2.32. The van der Waals surface area contributed by atoms with Gasteiger partial charge >= 0.3 is 68.9 Å². The second-order valence-corrected chi connectivity index (χ2v) is 12.6. The second-order valence-electron chi connectivity index (χ2n) is 4.91. The van der Waals surface area contributed by atoms with Crippen LogP contribution < -0.4 is 5.30 Å². The van der Waals surface area contributed by atoms with Crippen LogP contribution in [0, 0.1) is 0 Å². The maximum absolute atomic E-state index is 2.38. The molecule has 0 nitrogen and oxygen atoms in total. The summed E-state index contributed by atoms with van der Waals surface area (Å²) in [5.74, 6) is 0. The predicted molar refractivity (Wildman–Crippen MR) is 56.7 cm³/mol. The van der Waals surface area contributed by atoms with Crippen molar-refractivity contribution in [2.24, 2.45) is 0 Å². The molecule has 0 fully saturated rings. The van der Waals surface area contributed by atoms with Crippen molar-refractivity contribution in [3.8, 4) is 0 Å². The molecule has 0 aliphatic carbocycles. The SMILES string of the molecule is CP(C)(C)(C)c1ccccc1. The maximum atomic E-state index is 2.38. The van der Waals surface area contributed by atoms with Crippen LogP contribution in [0.25, 0.3) is 0 Å². The first-order valence-corrected chi connectivity index (χ1v) is 7.95. The number of hydrogen-bond acceptors (Lipinski definition) is 0. The first kappa shape index (κ1) is 8.74. The van der Waals surface area contributed by atoms with Crippen molar-refractivity contribution in [3.05, 3.63) is 30.3 Å². The summed E-state index contributed by atoms with van der Waals surface area (Å²) in [7, 11) is 0. The molecule has 0 unspecified atom stereocenters. The van der Waals surface area contributed by atoms with Gasteiger partial charge in [0, 0.05) is 0 Å². The zero-order chi connectivity index (χ0) is 8.56. The molecule has 11 heavy (non-hydrogen) atoms. The summed E-state index contributed by atoms with van der Waals surface area (Å²) < 4.78 is 0. The normalized spacial score (nSPS) is 15.5. The summed E-state index contributed by atoms with van der Waals surface area (Å²) in [6, 6.07) is 10.8. The van der Waals surface area contributed by atoms with Gasteiger partial charge in [-0.15, -0.1) is 0 Å². The van der Waals surface area contributed by atoms with E-state index >= 15 is 0 Å². The molecule has 1 heteroatoms. The van der Waals surface area contributed by atoms with Gasteiger partial charge in [-0.05, 0) is 0 Å². The van der Waals surface area contributed by atoms with Gasteiger partial charge in [-0.1, -0.05) is 0 Å². The first-order valence-electron chi connectivity index (χ1n) is 3.92. The Morgan fingerprint density at radius 1 is 0.818 bits per heavy atom. The molecule has 0 amide bonds. The predicted octanol–water partition coefficient (Wildman–Crippen LogP) is 2.38. The van der Waals surface area contributed by atoms with E-state index in [1.807, 2.05) is 0 Å². The fraction of sp³-hybridized carbons (Fsp3) is 0.400. The fourth-order valence-electron chi connectivity index (χ4n) is 1.02. The van der Waals surface area contributed by atoms with Gasteiger partial charge in [-0.3, -0.25) is 0 Å². The van der Waals surface area contributed by atoms with Crippen molar-refractivity contribution >= 4 is 11.9 Å². The summed E-state index contributed by atoms with van der Waals surface area (Å²) in [6.45, 7) is 8.01. The van der Waals surface area contributed by atoms with Crippen molar-refractivity contribution in [2.45, 2.75) is 0 Å². The quantitative estimate of drug-likeness (QED) is 0.565. The van der Waals surface area contributed by atoms with Gasteiger partial charge in [0.2, 0.25) is 0 Å². The van der Waals surface area contributed by atoms with Crippen molar-refractivity contribution in [3.63, 3.8) is 0 Å². The van der Waals surface area contributed by atoms with Crippen molar-refractivity contribution in [2.75, 3.05) is 26.7 Å². The summed E-state index contributed by atoms with van der Waals surface area (Å²) in [5, 5.41) is 1.51. The van der Waals surface area contributed by atoms with Crippen molar-refractivity contribution < 1.29 is 0 Å². The molecule has 0 saturated heterocycles. The monoisotopic (exact) mass is 168 g/mol. The Labute approximate surface area is 69.6 Å². The van der Waals surface area contributed by atoms with E-state index in [0.29, 0.717) is 0 Å².